The van der Waals surface area contributed by atoms with Gasteiger partial charge in [0, 0.05) is 12.3 Å². The highest BCUT2D eigenvalue weighted by atomic mass is 32.2. The lowest BCUT2D eigenvalue weighted by Gasteiger charge is -1.88. The van der Waals surface area contributed by atoms with Crippen LogP contribution in [0, 0.1) is 11.7 Å². The minimum atomic E-state index is 0.773. The zero-order valence-electron chi connectivity index (χ0n) is 3.77. The molecule has 0 aliphatic carbocycles. The van der Waals surface area contributed by atoms with Gasteiger partial charge >= 0.3 is 0 Å². The molecule has 1 aliphatic heterocycles. The van der Waals surface area contributed by atoms with E-state index in [1.165, 1.54) is 0 Å². The van der Waals surface area contributed by atoms with E-state index in [0.717, 1.165) is 12.5 Å². The van der Waals surface area contributed by atoms with Crippen molar-refractivity contribution in [3.8, 4) is 0 Å². The molecule has 0 amide bonds. The van der Waals surface area contributed by atoms with Crippen molar-refractivity contribution in [2.45, 2.75) is 6.92 Å². The van der Waals surface area contributed by atoms with E-state index in [2.05, 4.69) is 17.4 Å². The average Bonchev–Trinajstić information content (AvgIpc) is 1.86. The third-order valence-corrected chi connectivity index (χ3v) is 1.72. The molecule has 6 heavy (non-hydrogen) atoms. The molecule has 1 atom stereocenters. The first kappa shape index (κ1) is 4.47. The fraction of sp³-hybridized carbons (Fsp3) is 0.750. The summed E-state index contributed by atoms with van der Waals surface area (Å²) in [4.78, 5) is 0. The van der Waals surface area contributed by atoms with Crippen LogP contribution in [0.5, 0.6) is 0 Å². The topological polar surface area (TPSA) is 12.0 Å². The summed E-state index contributed by atoms with van der Waals surface area (Å²) in [5.41, 5.74) is 0. The second-order valence-electron chi connectivity index (χ2n) is 1.58. The van der Waals surface area contributed by atoms with Gasteiger partial charge in [0.2, 0.25) is 0 Å². The Kier molecular flexibility index (Phi) is 1.37. The Morgan fingerprint density at radius 1 is 2.00 bits per heavy atom. The maximum absolute atomic E-state index is 3.13. The first-order valence-electron chi connectivity index (χ1n) is 2.11. The Morgan fingerprint density at radius 2 is 2.83 bits per heavy atom. The van der Waals surface area contributed by atoms with Gasteiger partial charge in [-0.25, -0.2) is 0 Å². The van der Waals surface area contributed by atoms with Gasteiger partial charge in [0.15, 0.2) is 0 Å². The van der Waals surface area contributed by atoms with Gasteiger partial charge in [-0.15, -0.1) is 0 Å². The van der Waals surface area contributed by atoms with Crippen LogP contribution in [-0.2, 0) is 0 Å². The highest BCUT2D eigenvalue weighted by Gasteiger charge is 2.07. The van der Waals surface area contributed by atoms with E-state index >= 15 is 0 Å². The molecule has 1 rings (SSSR count). The molecule has 1 fully saturated rings. The van der Waals surface area contributed by atoms with Crippen LogP contribution in [0.15, 0.2) is 0 Å². The maximum Gasteiger partial charge on any atom is 0.0365 e. The standard InChI is InChI=1S/C4H8NS/c1-4-2-5-6-3-4/h3-5H,2H2,1H3. The van der Waals surface area contributed by atoms with Crippen molar-refractivity contribution in [1.82, 2.24) is 4.72 Å². The first-order valence-corrected chi connectivity index (χ1v) is 2.99. The highest BCUT2D eigenvalue weighted by molar-refractivity contribution is 7.99. The minimum Gasteiger partial charge on any atom is -0.264 e. The maximum atomic E-state index is 3.13. The Labute approximate surface area is 42.6 Å². The van der Waals surface area contributed by atoms with Gasteiger partial charge in [-0.1, -0.05) is 18.9 Å². The monoisotopic (exact) mass is 102 g/mol. The lowest BCUT2D eigenvalue weighted by molar-refractivity contribution is 0.725. The van der Waals surface area contributed by atoms with Gasteiger partial charge in [0.1, 0.15) is 0 Å². The van der Waals surface area contributed by atoms with E-state index in [-0.39, 0.29) is 0 Å². The predicted octanol–water partition coefficient (Wildman–Crippen LogP) is 1.04. The minimum absolute atomic E-state index is 0.773. The summed E-state index contributed by atoms with van der Waals surface area (Å²) in [5.74, 6) is 2.98. The number of hydrogen-bond acceptors (Lipinski definition) is 2. The molecule has 0 aromatic rings. The summed E-state index contributed by atoms with van der Waals surface area (Å²) < 4.78 is 3.13. The van der Waals surface area contributed by atoms with Gasteiger partial charge in [-0.3, -0.25) is 4.72 Å². The third-order valence-electron chi connectivity index (χ3n) is 0.789. The van der Waals surface area contributed by atoms with E-state index in [1.807, 2.05) is 0 Å². The third kappa shape index (κ3) is 0.884. The molecule has 1 saturated heterocycles. The molecule has 0 bridgehead atoms. The van der Waals surface area contributed by atoms with Crippen molar-refractivity contribution in [1.29, 1.82) is 0 Å². The lowest BCUT2D eigenvalue weighted by Crippen LogP contribution is -2.00. The molecule has 2 heteroatoms. The number of rotatable bonds is 0. The molecular weight excluding hydrogens is 94.1 g/mol. The molecule has 1 nitrogen and oxygen atoms in total. The van der Waals surface area contributed by atoms with Crippen LogP contribution in [0.1, 0.15) is 6.92 Å². The quantitative estimate of drug-likeness (QED) is 0.458. The zero-order valence-corrected chi connectivity index (χ0v) is 4.59. The van der Waals surface area contributed by atoms with Crippen molar-refractivity contribution in [3.63, 3.8) is 0 Å². The van der Waals surface area contributed by atoms with Crippen molar-refractivity contribution < 1.29 is 0 Å². The van der Waals surface area contributed by atoms with E-state index in [9.17, 15) is 0 Å². The van der Waals surface area contributed by atoms with E-state index in [4.69, 9.17) is 0 Å². The Bertz CT molecular complexity index is 40.8. The second kappa shape index (κ2) is 1.85. The smallest absolute Gasteiger partial charge is 0.0365 e. The molecule has 1 heterocycles. The molecule has 0 spiro atoms. The number of hydrogen-bond donors (Lipinski definition) is 1. The SMILES string of the molecule is CC1[CH]SNC1. The van der Waals surface area contributed by atoms with Gasteiger partial charge < -0.3 is 0 Å². The summed E-state index contributed by atoms with van der Waals surface area (Å²) in [6, 6.07) is 0. The molecule has 1 N–H and O–H groups in total. The Balaban J connectivity index is 2.18. The van der Waals surface area contributed by atoms with Crippen molar-refractivity contribution in [2.75, 3.05) is 6.54 Å². The van der Waals surface area contributed by atoms with Crippen LogP contribution in [0.4, 0.5) is 0 Å². The van der Waals surface area contributed by atoms with E-state index < -0.39 is 0 Å². The van der Waals surface area contributed by atoms with Crippen LogP contribution in [0.25, 0.3) is 0 Å². The van der Waals surface area contributed by atoms with Crippen LogP contribution in [0.2, 0.25) is 0 Å². The van der Waals surface area contributed by atoms with Gasteiger partial charge in [0.05, 0.1) is 0 Å². The van der Waals surface area contributed by atoms with Crippen molar-refractivity contribution >= 4 is 11.9 Å². The Morgan fingerprint density at radius 3 is 3.00 bits per heavy atom. The lowest BCUT2D eigenvalue weighted by atomic mass is 10.2. The first-order chi connectivity index (χ1) is 2.89. The van der Waals surface area contributed by atoms with Gasteiger partial charge in [-0.2, -0.15) is 0 Å². The normalized spacial score (nSPS) is 34.5. The van der Waals surface area contributed by atoms with E-state index in [0.29, 0.717) is 0 Å². The zero-order chi connectivity index (χ0) is 4.41. The van der Waals surface area contributed by atoms with Crippen LogP contribution in [0.3, 0.4) is 0 Å². The van der Waals surface area contributed by atoms with Crippen molar-refractivity contribution in [3.05, 3.63) is 5.75 Å². The van der Waals surface area contributed by atoms with Gasteiger partial charge in [0.25, 0.3) is 0 Å². The molecule has 35 valence electrons. The summed E-state index contributed by atoms with van der Waals surface area (Å²) >= 11 is 1.71. The Hall–Kier alpha value is 0.310. The predicted molar refractivity (Wildman–Crippen MR) is 29.1 cm³/mol. The van der Waals surface area contributed by atoms with Gasteiger partial charge in [-0.05, 0) is 5.92 Å². The molecule has 1 radical (unpaired) electrons. The fourth-order valence-electron chi connectivity index (χ4n) is 0.392. The van der Waals surface area contributed by atoms with E-state index in [1.54, 1.807) is 11.9 Å². The number of nitrogens with one attached hydrogen (secondary N) is 1. The molecule has 1 unspecified atom stereocenters. The highest BCUT2D eigenvalue weighted by Crippen LogP contribution is 2.16. The largest absolute Gasteiger partial charge is 0.264 e. The van der Waals surface area contributed by atoms with Crippen LogP contribution < -0.4 is 4.72 Å². The average molecular weight is 102 g/mol. The van der Waals surface area contributed by atoms with Crippen LogP contribution >= 0.6 is 11.9 Å². The fourth-order valence-corrected chi connectivity index (χ4v) is 1.18. The second-order valence-corrected chi connectivity index (χ2v) is 2.38. The summed E-state index contributed by atoms with van der Waals surface area (Å²) in [6.45, 7) is 3.34. The van der Waals surface area contributed by atoms with Crippen molar-refractivity contribution in [2.24, 2.45) is 5.92 Å². The summed E-state index contributed by atoms with van der Waals surface area (Å²) in [6.07, 6.45) is 0. The summed E-state index contributed by atoms with van der Waals surface area (Å²) in [7, 11) is 0. The molecule has 0 aromatic carbocycles. The molecule has 0 aromatic heterocycles. The molecular formula is C4H8NS. The summed E-state index contributed by atoms with van der Waals surface area (Å²) in [5, 5.41) is 0. The van der Waals surface area contributed by atoms with Crippen LogP contribution in [-0.4, -0.2) is 6.54 Å². The molecule has 0 saturated carbocycles. The molecule has 1 aliphatic rings.